The van der Waals surface area contributed by atoms with E-state index in [2.05, 4.69) is 5.32 Å². The van der Waals surface area contributed by atoms with Crippen LogP contribution in [0.15, 0.2) is 34.7 Å². The molecule has 0 spiro atoms. The molecule has 0 aliphatic rings. The number of carbonyl (C=O) groups excluding carboxylic acids is 1. The van der Waals surface area contributed by atoms with Gasteiger partial charge in [-0.05, 0) is 43.7 Å². The number of nitrogens with one attached hydrogen (secondary N) is 1. The molecule has 1 aromatic carbocycles. The topological polar surface area (TPSA) is 77.5 Å². The third-order valence-corrected chi connectivity index (χ3v) is 2.77. The zero-order chi connectivity index (χ0) is 14.5. The number of aryl methyl sites for hydroxylation is 1. The first-order valence-electron chi connectivity index (χ1n) is 6.47. The van der Waals surface area contributed by atoms with Crippen molar-refractivity contribution in [3.63, 3.8) is 0 Å². The Hall–Kier alpha value is -2.27. The van der Waals surface area contributed by atoms with Gasteiger partial charge in [0.1, 0.15) is 11.5 Å². The lowest BCUT2D eigenvalue weighted by Crippen LogP contribution is -2.12. The lowest BCUT2D eigenvalue weighted by atomic mass is 10.2. The van der Waals surface area contributed by atoms with Gasteiger partial charge in [0.2, 0.25) is 0 Å². The Labute approximate surface area is 117 Å². The number of ether oxygens (including phenoxy) is 1. The van der Waals surface area contributed by atoms with E-state index in [9.17, 15) is 4.79 Å². The van der Waals surface area contributed by atoms with Crippen molar-refractivity contribution in [2.45, 2.75) is 20.4 Å². The summed E-state index contributed by atoms with van der Waals surface area (Å²) in [4.78, 5) is 12.1. The summed E-state index contributed by atoms with van der Waals surface area (Å²) < 4.78 is 10.8. The molecule has 2 aromatic rings. The maximum Gasteiger partial charge on any atom is 0.291 e. The molecule has 2 rings (SSSR count). The second-order valence-corrected chi connectivity index (χ2v) is 4.36. The molecule has 0 saturated carbocycles. The molecule has 0 fully saturated rings. The number of anilines is 1. The first-order valence-corrected chi connectivity index (χ1v) is 6.47. The highest BCUT2D eigenvalue weighted by Gasteiger charge is 2.13. The average Bonchev–Trinajstić information content (AvgIpc) is 2.91. The Morgan fingerprint density at radius 2 is 2.15 bits per heavy atom. The van der Waals surface area contributed by atoms with Crippen LogP contribution in [0.2, 0.25) is 0 Å². The van der Waals surface area contributed by atoms with Crippen molar-refractivity contribution in [3.8, 4) is 5.75 Å². The predicted molar refractivity (Wildman–Crippen MR) is 76.9 cm³/mol. The smallest absolute Gasteiger partial charge is 0.291 e. The van der Waals surface area contributed by atoms with E-state index in [1.54, 1.807) is 12.1 Å². The standard InChI is InChI=1S/C15H18N2O3/c1-3-19-14-8-10(2)4-6-12(14)17-15(18)13-7-5-11(9-16)20-13/h4-8H,3,9,16H2,1-2H3,(H,17,18). The van der Waals surface area contributed by atoms with Crippen molar-refractivity contribution < 1.29 is 13.9 Å². The number of hydrogen-bond donors (Lipinski definition) is 2. The van der Waals surface area contributed by atoms with Crippen molar-refractivity contribution in [3.05, 3.63) is 47.4 Å². The first kappa shape index (κ1) is 14.1. The summed E-state index contributed by atoms with van der Waals surface area (Å²) in [6.45, 7) is 4.66. The van der Waals surface area contributed by atoms with E-state index < -0.39 is 0 Å². The van der Waals surface area contributed by atoms with E-state index in [1.165, 1.54) is 0 Å². The molecule has 0 atom stereocenters. The molecule has 0 radical (unpaired) electrons. The van der Waals surface area contributed by atoms with Crippen LogP contribution in [0, 0.1) is 6.92 Å². The number of furan rings is 1. The molecule has 0 bridgehead atoms. The van der Waals surface area contributed by atoms with Gasteiger partial charge >= 0.3 is 0 Å². The Kier molecular flexibility index (Phi) is 4.42. The van der Waals surface area contributed by atoms with Crippen LogP contribution in [-0.2, 0) is 6.54 Å². The van der Waals surface area contributed by atoms with Crippen molar-refractivity contribution in [1.29, 1.82) is 0 Å². The Balaban J connectivity index is 2.18. The molecule has 0 aliphatic heterocycles. The van der Waals surface area contributed by atoms with Gasteiger partial charge in [-0.1, -0.05) is 6.07 Å². The van der Waals surface area contributed by atoms with Gasteiger partial charge < -0.3 is 20.2 Å². The summed E-state index contributed by atoms with van der Waals surface area (Å²) in [5.41, 5.74) is 7.13. The number of hydrogen-bond acceptors (Lipinski definition) is 4. The summed E-state index contributed by atoms with van der Waals surface area (Å²) in [5, 5.41) is 2.78. The Bertz CT molecular complexity index is 605. The quantitative estimate of drug-likeness (QED) is 0.878. The molecule has 106 valence electrons. The van der Waals surface area contributed by atoms with Crippen molar-refractivity contribution >= 4 is 11.6 Å². The first-order chi connectivity index (χ1) is 9.63. The minimum atomic E-state index is -0.325. The lowest BCUT2D eigenvalue weighted by Gasteiger charge is -2.11. The van der Waals surface area contributed by atoms with Crippen LogP contribution in [0.3, 0.4) is 0 Å². The van der Waals surface area contributed by atoms with E-state index in [0.29, 0.717) is 23.8 Å². The zero-order valence-electron chi connectivity index (χ0n) is 11.6. The molecule has 0 saturated heterocycles. The van der Waals surface area contributed by atoms with Crippen molar-refractivity contribution in [2.24, 2.45) is 5.73 Å². The van der Waals surface area contributed by atoms with Crippen molar-refractivity contribution in [1.82, 2.24) is 0 Å². The molecular weight excluding hydrogens is 256 g/mol. The van der Waals surface area contributed by atoms with Crippen LogP contribution in [-0.4, -0.2) is 12.5 Å². The molecule has 0 unspecified atom stereocenters. The van der Waals surface area contributed by atoms with Crippen LogP contribution in [0.25, 0.3) is 0 Å². The molecule has 3 N–H and O–H groups in total. The van der Waals surface area contributed by atoms with E-state index in [1.807, 2.05) is 32.0 Å². The van der Waals surface area contributed by atoms with Gasteiger partial charge in [0, 0.05) is 0 Å². The number of benzene rings is 1. The fraction of sp³-hybridized carbons (Fsp3) is 0.267. The average molecular weight is 274 g/mol. The van der Waals surface area contributed by atoms with Crippen LogP contribution in [0.4, 0.5) is 5.69 Å². The van der Waals surface area contributed by atoms with Crippen LogP contribution < -0.4 is 15.8 Å². The highest BCUT2D eigenvalue weighted by Crippen LogP contribution is 2.26. The largest absolute Gasteiger partial charge is 0.492 e. The fourth-order valence-electron chi connectivity index (χ4n) is 1.80. The van der Waals surface area contributed by atoms with Crippen LogP contribution >= 0.6 is 0 Å². The predicted octanol–water partition coefficient (Wildman–Crippen LogP) is 2.70. The third-order valence-electron chi connectivity index (χ3n) is 2.77. The fourth-order valence-corrected chi connectivity index (χ4v) is 1.80. The molecule has 1 heterocycles. The molecule has 20 heavy (non-hydrogen) atoms. The summed E-state index contributed by atoms with van der Waals surface area (Å²) in [6.07, 6.45) is 0. The Morgan fingerprint density at radius 1 is 1.35 bits per heavy atom. The molecule has 1 amide bonds. The van der Waals surface area contributed by atoms with Gasteiger partial charge in [0.15, 0.2) is 5.76 Å². The van der Waals surface area contributed by atoms with Gasteiger partial charge in [-0.2, -0.15) is 0 Å². The van der Waals surface area contributed by atoms with Gasteiger partial charge in [-0.3, -0.25) is 4.79 Å². The third kappa shape index (κ3) is 3.19. The summed E-state index contributed by atoms with van der Waals surface area (Å²) in [6, 6.07) is 8.89. The molecule has 5 nitrogen and oxygen atoms in total. The summed E-state index contributed by atoms with van der Waals surface area (Å²) in [7, 11) is 0. The van der Waals surface area contributed by atoms with E-state index in [0.717, 1.165) is 5.56 Å². The van der Waals surface area contributed by atoms with E-state index >= 15 is 0 Å². The molecule has 0 aliphatic carbocycles. The van der Waals surface area contributed by atoms with Gasteiger partial charge in [-0.25, -0.2) is 0 Å². The van der Waals surface area contributed by atoms with Crippen molar-refractivity contribution in [2.75, 3.05) is 11.9 Å². The summed E-state index contributed by atoms with van der Waals surface area (Å²) >= 11 is 0. The molecule has 1 aromatic heterocycles. The maximum absolute atomic E-state index is 12.1. The van der Waals surface area contributed by atoms with Gasteiger partial charge in [0.25, 0.3) is 5.91 Å². The second-order valence-electron chi connectivity index (χ2n) is 4.36. The number of rotatable bonds is 5. The number of amides is 1. The highest BCUT2D eigenvalue weighted by molar-refractivity contribution is 6.03. The SMILES string of the molecule is CCOc1cc(C)ccc1NC(=O)c1ccc(CN)o1. The maximum atomic E-state index is 12.1. The minimum absolute atomic E-state index is 0.230. The number of carbonyl (C=O) groups is 1. The lowest BCUT2D eigenvalue weighted by molar-refractivity contribution is 0.0994. The summed E-state index contributed by atoms with van der Waals surface area (Å²) in [5.74, 6) is 1.12. The molecular formula is C15H18N2O3. The zero-order valence-corrected chi connectivity index (χ0v) is 11.6. The molecule has 5 heteroatoms. The normalized spacial score (nSPS) is 10.3. The highest BCUT2D eigenvalue weighted by atomic mass is 16.5. The number of nitrogens with two attached hydrogens (primary N) is 1. The van der Waals surface area contributed by atoms with Crippen LogP contribution in [0.1, 0.15) is 28.8 Å². The Morgan fingerprint density at radius 3 is 2.80 bits per heavy atom. The van der Waals surface area contributed by atoms with Gasteiger partial charge in [0.05, 0.1) is 18.8 Å². The van der Waals surface area contributed by atoms with Gasteiger partial charge in [-0.15, -0.1) is 0 Å². The van der Waals surface area contributed by atoms with Crippen LogP contribution in [0.5, 0.6) is 5.75 Å². The monoisotopic (exact) mass is 274 g/mol. The minimum Gasteiger partial charge on any atom is -0.492 e. The second kappa shape index (κ2) is 6.25. The van der Waals surface area contributed by atoms with E-state index in [4.69, 9.17) is 14.9 Å². The van der Waals surface area contributed by atoms with E-state index in [-0.39, 0.29) is 18.2 Å².